The fraction of sp³-hybridized carbons (Fsp3) is 0.148. The van der Waals surface area contributed by atoms with Crippen LogP contribution in [0.15, 0.2) is 85.1 Å². The fourth-order valence-corrected chi connectivity index (χ4v) is 4.13. The lowest BCUT2D eigenvalue weighted by Gasteiger charge is -2.18. The maximum absolute atomic E-state index is 13.3. The molecular weight excluding hydrogens is 426 g/mol. The average molecular weight is 452 g/mol. The first kappa shape index (κ1) is 21.5. The molecule has 0 bridgehead atoms. The van der Waals surface area contributed by atoms with Crippen LogP contribution in [0.25, 0.3) is 16.7 Å². The summed E-state index contributed by atoms with van der Waals surface area (Å²) in [6.45, 7) is 2.00. The van der Waals surface area contributed by atoms with Gasteiger partial charge in [0.15, 0.2) is 5.69 Å². The Morgan fingerprint density at radius 1 is 1.00 bits per heavy atom. The van der Waals surface area contributed by atoms with Crippen LogP contribution in [-0.2, 0) is 7.05 Å². The summed E-state index contributed by atoms with van der Waals surface area (Å²) < 4.78 is 9.15. The molecule has 0 saturated heterocycles. The van der Waals surface area contributed by atoms with Crippen molar-refractivity contribution in [2.45, 2.75) is 13.0 Å². The average Bonchev–Trinajstić information content (AvgIpc) is 3.49. The zero-order valence-corrected chi connectivity index (χ0v) is 19.3. The molecular formula is C27H25N5O2. The molecule has 7 heteroatoms. The monoisotopic (exact) mass is 451 g/mol. The van der Waals surface area contributed by atoms with Crippen molar-refractivity contribution in [2.75, 3.05) is 7.11 Å². The van der Waals surface area contributed by atoms with E-state index in [1.165, 1.54) is 0 Å². The summed E-state index contributed by atoms with van der Waals surface area (Å²) in [5.41, 5.74) is 4.98. The number of nitrogens with zero attached hydrogens (tertiary/aromatic N) is 4. The van der Waals surface area contributed by atoms with Gasteiger partial charge in [0.2, 0.25) is 0 Å². The van der Waals surface area contributed by atoms with Crippen molar-refractivity contribution in [3.8, 4) is 11.4 Å². The summed E-state index contributed by atoms with van der Waals surface area (Å²) in [6, 6.07) is 24.9. The number of para-hydroxylation sites is 2. The minimum absolute atomic E-state index is 0.286. The van der Waals surface area contributed by atoms with Crippen LogP contribution in [0.5, 0.6) is 5.75 Å². The first-order valence-electron chi connectivity index (χ1n) is 11.0. The first-order chi connectivity index (χ1) is 16.5. The van der Waals surface area contributed by atoms with E-state index in [1.54, 1.807) is 24.1 Å². The van der Waals surface area contributed by atoms with Crippen molar-refractivity contribution in [2.24, 2.45) is 7.05 Å². The normalized spacial score (nSPS) is 12.0. The zero-order valence-electron chi connectivity index (χ0n) is 19.3. The van der Waals surface area contributed by atoms with Gasteiger partial charge in [-0.05, 0) is 48.4 Å². The minimum Gasteiger partial charge on any atom is -0.494 e. The number of aryl methyl sites for hydroxylation is 2. The van der Waals surface area contributed by atoms with E-state index in [0.717, 1.165) is 33.7 Å². The molecule has 7 nitrogen and oxygen atoms in total. The molecule has 1 N–H and O–H groups in total. The first-order valence-corrected chi connectivity index (χ1v) is 11.0. The lowest BCUT2D eigenvalue weighted by Crippen LogP contribution is -2.31. The van der Waals surface area contributed by atoms with E-state index in [2.05, 4.69) is 10.4 Å². The highest BCUT2D eigenvalue weighted by Crippen LogP contribution is 2.26. The number of hydrogen-bond acceptors (Lipinski definition) is 4. The Morgan fingerprint density at radius 2 is 1.76 bits per heavy atom. The Labute approximate surface area is 197 Å². The van der Waals surface area contributed by atoms with Gasteiger partial charge in [-0.1, -0.05) is 48.5 Å². The van der Waals surface area contributed by atoms with Gasteiger partial charge < -0.3 is 14.6 Å². The molecule has 1 amide bonds. The van der Waals surface area contributed by atoms with Crippen LogP contribution in [0, 0.1) is 6.92 Å². The Balaban J connectivity index is 1.50. The Bertz CT molecular complexity index is 1470. The number of fused-ring (bicyclic) bond motifs is 1. The van der Waals surface area contributed by atoms with Crippen LogP contribution >= 0.6 is 0 Å². The van der Waals surface area contributed by atoms with E-state index in [9.17, 15) is 4.79 Å². The highest BCUT2D eigenvalue weighted by molar-refractivity contribution is 5.92. The van der Waals surface area contributed by atoms with Gasteiger partial charge in [-0.15, -0.1) is 0 Å². The topological polar surface area (TPSA) is 74.0 Å². The lowest BCUT2D eigenvalue weighted by molar-refractivity contribution is 0.0935. The number of hydrogen-bond donors (Lipinski definition) is 1. The predicted molar refractivity (Wildman–Crippen MR) is 131 cm³/mol. The van der Waals surface area contributed by atoms with Crippen LogP contribution in [-0.4, -0.2) is 32.3 Å². The SMILES string of the molecule is COc1ccc(C)cc1-n1ccc(C(=O)NC(c2ccccc2)c2nc3ccccc3n2C)n1. The number of amides is 1. The largest absolute Gasteiger partial charge is 0.494 e. The molecule has 0 radical (unpaired) electrons. The van der Waals surface area contributed by atoms with Crippen molar-refractivity contribution in [1.29, 1.82) is 0 Å². The van der Waals surface area contributed by atoms with Crippen molar-refractivity contribution < 1.29 is 9.53 Å². The molecule has 1 atom stereocenters. The number of imidazole rings is 1. The van der Waals surface area contributed by atoms with E-state index in [0.29, 0.717) is 11.4 Å². The van der Waals surface area contributed by atoms with Crippen LogP contribution < -0.4 is 10.1 Å². The second-order valence-electron chi connectivity index (χ2n) is 8.16. The fourth-order valence-electron chi connectivity index (χ4n) is 4.13. The van der Waals surface area contributed by atoms with Crippen molar-refractivity contribution in [3.63, 3.8) is 0 Å². The molecule has 34 heavy (non-hydrogen) atoms. The van der Waals surface area contributed by atoms with Gasteiger partial charge in [0, 0.05) is 13.2 Å². The molecule has 0 saturated carbocycles. The number of methoxy groups -OCH3 is 1. The van der Waals surface area contributed by atoms with Gasteiger partial charge in [-0.2, -0.15) is 5.10 Å². The second-order valence-corrected chi connectivity index (χ2v) is 8.16. The maximum atomic E-state index is 13.3. The molecule has 1 unspecified atom stereocenters. The molecule has 5 rings (SSSR count). The van der Waals surface area contributed by atoms with Gasteiger partial charge in [0.25, 0.3) is 5.91 Å². The Kier molecular flexibility index (Phi) is 5.59. The number of aromatic nitrogens is 4. The highest BCUT2D eigenvalue weighted by Gasteiger charge is 2.24. The van der Waals surface area contributed by atoms with Gasteiger partial charge in [-0.3, -0.25) is 4.79 Å². The van der Waals surface area contributed by atoms with Gasteiger partial charge >= 0.3 is 0 Å². The number of ether oxygens (including phenoxy) is 1. The zero-order chi connectivity index (χ0) is 23.7. The summed E-state index contributed by atoms with van der Waals surface area (Å²) in [6.07, 6.45) is 1.76. The molecule has 0 fully saturated rings. The predicted octanol–water partition coefficient (Wildman–Crippen LogP) is 4.60. The third kappa shape index (κ3) is 3.92. The Hall–Kier alpha value is -4.39. The number of rotatable bonds is 6. The summed E-state index contributed by atoms with van der Waals surface area (Å²) in [7, 11) is 3.58. The van der Waals surface area contributed by atoms with Crippen LogP contribution in [0.3, 0.4) is 0 Å². The number of carbonyl (C=O) groups is 1. The molecule has 0 aliphatic carbocycles. The van der Waals surface area contributed by atoms with Gasteiger partial charge in [-0.25, -0.2) is 9.67 Å². The molecule has 170 valence electrons. The smallest absolute Gasteiger partial charge is 0.272 e. The van der Waals surface area contributed by atoms with Crippen LogP contribution in [0.1, 0.15) is 33.5 Å². The summed E-state index contributed by atoms with van der Waals surface area (Å²) in [5.74, 6) is 1.15. The molecule has 3 aromatic carbocycles. The van der Waals surface area contributed by atoms with E-state index >= 15 is 0 Å². The summed E-state index contributed by atoms with van der Waals surface area (Å²) >= 11 is 0. The Morgan fingerprint density at radius 3 is 2.53 bits per heavy atom. The lowest BCUT2D eigenvalue weighted by atomic mass is 10.1. The maximum Gasteiger partial charge on any atom is 0.272 e. The number of benzene rings is 3. The van der Waals surface area contributed by atoms with Crippen molar-refractivity contribution in [1.82, 2.24) is 24.6 Å². The number of carbonyl (C=O) groups excluding carboxylic acids is 1. The molecule has 0 spiro atoms. The highest BCUT2D eigenvalue weighted by atomic mass is 16.5. The summed E-state index contributed by atoms with van der Waals surface area (Å²) in [4.78, 5) is 18.2. The quantitative estimate of drug-likeness (QED) is 0.410. The molecule has 0 aliphatic heterocycles. The standard InChI is InChI=1S/C27H25N5O2/c1-18-13-14-24(34-3)23(17-18)32-16-15-21(30-32)27(33)29-25(19-9-5-4-6-10-19)26-28-20-11-7-8-12-22(20)31(26)2/h4-17,25H,1-3H3,(H,29,33). The van der Waals surface area contributed by atoms with E-state index in [1.807, 2.05) is 91.3 Å². The summed E-state index contributed by atoms with van der Waals surface area (Å²) in [5, 5.41) is 7.68. The van der Waals surface area contributed by atoms with E-state index in [-0.39, 0.29) is 5.91 Å². The van der Waals surface area contributed by atoms with E-state index in [4.69, 9.17) is 9.72 Å². The molecule has 2 aromatic heterocycles. The van der Waals surface area contributed by atoms with Crippen molar-refractivity contribution >= 4 is 16.9 Å². The van der Waals surface area contributed by atoms with Crippen LogP contribution in [0.2, 0.25) is 0 Å². The van der Waals surface area contributed by atoms with E-state index < -0.39 is 6.04 Å². The third-order valence-corrected chi connectivity index (χ3v) is 5.89. The number of nitrogens with one attached hydrogen (secondary N) is 1. The molecule has 0 aliphatic rings. The molecule has 5 aromatic rings. The van der Waals surface area contributed by atoms with Crippen LogP contribution in [0.4, 0.5) is 0 Å². The van der Waals surface area contributed by atoms with Gasteiger partial charge in [0.1, 0.15) is 23.3 Å². The second kappa shape index (κ2) is 8.86. The third-order valence-electron chi connectivity index (χ3n) is 5.89. The molecule has 2 heterocycles. The van der Waals surface area contributed by atoms with Crippen molar-refractivity contribution in [3.05, 3.63) is 108 Å². The van der Waals surface area contributed by atoms with Gasteiger partial charge in [0.05, 0.1) is 18.1 Å². The minimum atomic E-state index is -0.440.